The highest BCUT2D eigenvalue weighted by Gasteiger charge is 2.34. The third-order valence-electron chi connectivity index (χ3n) is 5.68. The summed E-state index contributed by atoms with van der Waals surface area (Å²) in [4.78, 5) is 0.326. The van der Waals surface area contributed by atoms with Crippen LogP contribution in [0.1, 0.15) is 32.3 Å². The van der Waals surface area contributed by atoms with Crippen LogP contribution in [0.15, 0.2) is 72.1 Å². The molecule has 0 aliphatic carbocycles. The van der Waals surface area contributed by atoms with Crippen LogP contribution in [0.5, 0.6) is 0 Å². The van der Waals surface area contributed by atoms with Crippen LogP contribution >= 0.6 is 0 Å². The van der Waals surface area contributed by atoms with Crippen molar-refractivity contribution in [1.29, 1.82) is 0 Å². The van der Waals surface area contributed by atoms with Crippen LogP contribution < -0.4 is 9.91 Å². The first-order chi connectivity index (χ1) is 13.6. The SMILES string of the molecule is C=C[C@@H](C[C@H](CC(C)C)NS(=O)(=O)c1ccc(C)cc1)[Si](C)(C)c1ccccc1. The molecule has 0 saturated carbocycles. The fraction of sp³-hybridized carbons (Fsp3) is 0.417. The Hall–Kier alpha value is -1.69. The molecule has 0 bridgehead atoms. The number of hydrogen-bond acceptors (Lipinski definition) is 2. The van der Waals surface area contributed by atoms with E-state index in [0.717, 1.165) is 18.4 Å². The first-order valence-corrected chi connectivity index (χ1v) is 14.9. The van der Waals surface area contributed by atoms with Gasteiger partial charge in [-0.3, -0.25) is 0 Å². The number of rotatable bonds is 10. The average Bonchev–Trinajstić information content (AvgIpc) is 2.66. The highest BCUT2D eigenvalue weighted by molar-refractivity contribution is 7.89. The van der Waals surface area contributed by atoms with E-state index in [1.54, 1.807) is 12.1 Å². The van der Waals surface area contributed by atoms with Crippen LogP contribution in [0.25, 0.3) is 0 Å². The number of benzene rings is 2. The minimum absolute atomic E-state index is 0.125. The van der Waals surface area contributed by atoms with E-state index in [1.165, 1.54) is 5.19 Å². The molecule has 2 atom stereocenters. The van der Waals surface area contributed by atoms with Crippen molar-refractivity contribution in [2.75, 3.05) is 0 Å². The van der Waals surface area contributed by atoms with Crippen LogP contribution in [0.4, 0.5) is 0 Å². The van der Waals surface area contributed by atoms with E-state index in [1.807, 2.05) is 31.2 Å². The van der Waals surface area contributed by atoms with Crippen molar-refractivity contribution in [3.8, 4) is 0 Å². The van der Waals surface area contributed by atoms with E-state index in [9.17, 15) is 8.42 Å². The van der Waals surface area contributed by atoms with Crippen LogP contribution in [0.2, 0.25) is 18.6 Å². The van der Waals surface area contributed by atoms with Gasteiger partial charge in [-0.25, -0.2) is 13.1 Å². The lowest BCUT2D eigenvalue weighted by atomic mass is 10.0. The lowest BCUT2D eigenvalue weighted by Crippen LogP contribution is -2.48. The van der Waals surface area contributed by atoms with Gasteiger partial charge in [0.2, 0.25) is 10.0 Å². The molecule has 0 heterocycles. The van der Waals surface area contributed by atoms with Crippen molar-refractivity contribution in [3.63, 3.8) is 0 Å². The summed E-state index contributed by atoms with van der Waals surface area (Å²) in [5, 5.41) is 1.37. The van der Waals surface area contributed by atoms with Gasteiger partial charge in [-0.2, -0.15) is 0 Å². The Balaban J connectivity index is 2.27. The Kier molecular flexibility index (Phi) is 8.03. The van der Waals surface area contributed by atoms with Crippen molar-refractivity contribution in [2.45, 2.75) is 63.2 Å². The van der Waals surface area contributed by atoms with E-state index < -0.39 is 18.1 Å². The first kappa shape index (κ1) is 23.6. The summed E-state index contributed by atoms with van der Waals surface area (Å²) in [6, 6.07) is 17.5. The minimum Gasteiger partial charge on any atom is -0.208 e. The normalized spacial score (nSPS) is 14.6. The van der Waals surface area contributed by atoms with Crippen molar-refractivity contribution < 1.29 is 8.42 Å². The van der Waals surface area contributed by atoms with Gasteiger partial charge in [-0.1, -0.05) is 86.2 Å². The summed E-state index contributed by atoms with van der Waals surface area (Å²) in [5.41, 5.74) is 1.32. The second-order valence-corrected chi connectivity index (χ2v) is 15.4. The molecule has 0 saturated heterocycles. The van der Waals surface area contributed by atoms with Gasteiger partial charge in [0.25, 0.3) is 0 Å². The molecular formula is C24H35NO2SSi. The van der Waals surface area contributed by atoms with Gasteiger partial charge in [0.05, 0.1) is 13.0 Å². The standard InChI is InChI=1S/C24H35NO2SSi/c1-7-23(29(5,6)24-11-9-8-10-12-24)18-21(17-19(2)3)25-28(26,27)22-15-13-20(4)14-16-22/h7-16,19,21,23,25H,1,17-18H2,2-6H3/t21-,23-/m0/s1. The third-order valence-corrected chi connectivity index (χ3v) is 11.4. The molecule has 2 rings (SSSR count). The predicted molar refractivity (Wildman–Crippen MR) is 127 cm³/mol. The van der Waals surface area contributed by atoms with E-state index in [2.05, 4.69) is 62.5 Å². The summed E-state index contributed by atoms with van der Waals surface area (Å²) in [6.45, 7) is 15.0. The molecule has 0 amide bonds. The number of sulfonamides is 1. The molecule has 29 heavy (non-hydrogen) atoms. The number of allylic oxidation sites excluding steroid dienone is 1. The highest BCUT2D eigenvalue weighted by atomic mass is 32.2. The van der Waals surface area contributed by atoms with Gasteiger partial charge in [0.1, 0.15) is 0 Å². The second-order valence-electron chi connectivity index (χ2n) is 8.93. The molecule has 0 aromatic heterocycles. The zero-order valence-corrected chi connectivity index (χ0v) is 20.2. The summed E-state index contributed by atoms with van der Waals surface area (Å²) in [6.07, 6.45) is 3.60. The Morgan fingerprint density at radius 3 is 2.10 bits per heavy atom. The molecule has 0 spiro atoms. The number of hydrogen-bond donors (Lipinski definition) is 1. The lowest BCUT2D eigenvalue weighted by molar-refractivity contribution is 0.440. The Morgan fingerprint density at radius 1 is 1.00 bits per heavy atom. The fourth-order valence-electron chi connectivity index (χ4n) is 3.84. The zero-order valence-electron chi connectivity index (χ0n) is 18.4. The summed E-state index contributed by atoms with van der Waals surface area (Å²) in [7, 11) is -5.39. The van der Waals surface area contributed by atoms with Gasteiger partial charge < -0.3 is 0 Å². The monoisotopic (exact) mass is 429 g/mol. The Labute approximate surface area is 178 Å². The van der Waals surface area contributed by atoms with Gasteiger partial charge in [0, 0.05) is 6.04 Å². The molecule has 1 N–H and O–H groups in total. The van der Waals surface area contributed by atoms with Crippen molar-refractivity contribution in [2.24, 2.45) is 5.92 Å². The van der Waals surface area contributed by atoms with Crippen LogP contribution in [0, 0.1) is 12.8 Å². The van der Waals surface area contributed by atoms with Gasteiger partial charge in [0.15, 0.2) is 0 Å². The third kappa shape index (κ3) is 6.39. The first-order valence-electron chi connectivity index (χ1n) is 10.3. The fourth-order valence-corrected chi connectivity index (χ4v) is 8.04. The van der Waals surface area contributed by atoms with Gasteiger partial charge in [-0.15, -0.1) is 6.58 Å². The number of nitrogens with one attached hydrogen (secondary N) is 1. The largest absolute Gasteiger partial charge is 0.240 e. The predicted octanol–water partition coefficient (Wildman–Crippen LogP) is 5.25. The molecular weight excluding hydrogens is 394 g/mol. The van der Waals surface area contributed by atoms with Crippen molar-refractivity contribution >= 4 is 23.3 Å². The summed E-state index contributed by atoms with van der Waals surface area (Å²) >= 11 is 0. The molecule has 158 valence electrons. The average molecular weight is 430 g/mol. The van der Waals surface area contributed by atoms with Crippen LogP contribution in [0.3, 0.4) is 0 Å². The molecule has 2 aromatic rings. The maximum atomic E-state index is 13.0. The summed E-state index contributed by atoms with van der Waals surface area (Å²) in [5.74, 6) is 0.396. The molecule has 5 heteroatoms. The quantitative estimate of drug-likeness (QED) is 0.414. The van der Waals surface area contributed by atoms with E-state index in [-0.39, 0.29) is 11.6 Å². The minimum atomic E-state index is -3.55. The summed E-state index contributed by atoms with van der Waals surface area (Å²) < 4.78 is 29.0. The molecule has 0 aliphatic heterocycles. The Bertz CT molecular complexity index is 890. The molecule has 0 radical (unpaired) electrons. The van der Waals surface area contributed by atoms with Gasteiger partial charge in [-0.05, 0) is 43.4 Å². The molecule has 3 nitrogen and oxygen atoms in total. The smallest absolute Gasteiger partial charge is 0.208 e. The molecule has 0 aliphatic rings. The van der Waals surface area contributed by atoms with E-state index in [0.29, 0.717) is 10.8 Å². The van der Waals surface area contributed by atoms with Crippen molar-refractivity contribution in [1.82, 2.24) is 4.72 Å². The number of aryl methyl sites for hydroxylation is 1. The van der Waals surface area contributed by atoms with E-state index in [4.69, 9.17) is 0 Å². The topological polar surface area (TPSA) is 46.2 Å². The van der Waals surface area contributed by atoms with E-state index >= 15 is 0 Å². The maximum Gasteiger partial charge on any atom is 0.240 e. The Morgan fingerprint density at radius 2 is 1.59 bits per heavy atom. The van der Waals surface area contributed by atoms with Crippen LogP contribution in [-0.2, 0) is 10.0 Å². The van der Waals surface area contributed by atoms with Gasteiger partial charge >= 0.3 is 0 Å². The van der Waals surface area contributed by atoms with Crippen molar-refractivity contribution in [3.05, 3.63) is 72.8 Å². The molecule has 2 aromatic carbocycles. The van der Waals surface area contributed by atoms with Crippen LogP contribution in [-0.4, -0.2) is 22.5 Å². The second kappa shape index (κ2) is 9.87. The molecule has 0 fully saturated rings. The molecule has 0 unspecified atom stereocenters. The maximum absolute atomic E-state index is 13.0. The highest BCUT2D eigenvalue weighted by Crippen LogP contribution is 2.30. The zero-order chi connectivity index (χ0) is 21.7. The lowest BCUT2D eigenvalue weighted by Gasteiger charge is -2.34.